The number of carbonyl (C=O) groups is 3. The summed E-state index contributed by atoms with van der Waals surface area (Å²) >= 11 is 1.16. The van der Waals surface area contributed by atoms with Crippen molar-refractivity contribution in [1.82, 2.24) is 10.3 Å². The number of anilines is 1. The number of nitrogens with one attached hydrogen (secondary N) is 2. The lowest BCUT2D eigenvalue weighted by Gasteiger charge is -2.14. The largest absolute Gasteiger partial charge is 0.481 e. The van der Waals surface area contributed by atoms with Gasteiger partial charge in [0.1, 0.15) is 6.61 Å². The van der Waals surface area contributed by atoms with E-state index in [0.29, 0.717) is 10.8 Å². The highest BCUT2D eigenvalue weighted by Gasteiger charge is 2.29. The highest BCUT2D eigenvalue weighted by molar-refractivity contribution is 7.13. The van der Waals surface area contributed by atoms with Crippen LogP contribution in [0.3, 0.4) is 0 Å². The van der Waals surface area contributed by atoms with E-state index in [-0.39, 0.29) is 25.5 Å². The number of hydrogen-bond acceptors (Lipinski definition) is 7. The number of aliphatic hydroxyl groups is 1. The van der Waals surface area contributed by atoms with Crippen molar-refractivity contribution in [2.75, 3.05) is 18.5 Å². The monoisotopic (exact) mass is 481 g/mol. The first-order chi connectivity index (χ1) is 16.4. The highest BCUT2D eigenvalue weighted by atomic mass is 32.1. The van der Waals surface area contributed by atoms with Crippen LogP contribution in [0.4, 0.5) is 9.93 Å². The molecule has 176 valence electrons. The Morgan fingerprint density at radius 3 is 2.35 bits per heavy atom. The Labute approximate surface area is 199 Å². The SMILES string of the molecule is O=C(O)CC(O)CNC(=O)Cc1csc(NC(=O)OCC2c3ccccc3-c3ccccc32)n1. The van der Waals surface area contributed by atoms with Gasteiger partial charge in [0.05, 0.1) is 24.6 Å². The lowest BCUT2D eigenvalue weighted by molar-refractivity contribution is -0.139. The summed E-state index contributed by atoms with van der Waals surface area (Å²) in [4.78, 5) is 39.1. The Balaban J connectivity index is 1.28. The Hall–Kier alpha value is -3.76. The zero-order chi connectivity index (χ0) is 24.1. The maximum atomic E-state index is 12.4. The number of carboxylic acid groups (broad SMARTS) is 1. The van der Waals surface area contributed by atoms with Gasteiger partial charge in [0.15, 0.2) is 5.13 Å². The van der Waals surface area contributed by atoms with Crippen molar-refractivity contribution in [3.8, 4) is 11.1 Å². The number of benzene rings is 2. The van der Waals surface area contributed by atoms with Gasteiger partial charge in [0.25, 0.3) is 0 Å². The maximum absolute atomic E-state index is 12.4. The third kappa shape index (κ3) is 5.59. The lowest BCUT2D eigenvalue weighted by atomic mass is 9.98. The molecule has 1 aliphatic rings. The molecule has 0 saturated carbocycles. The number of aliphatic carboxylic acids is 1. The molecule has 1 unspecified atom stereocenters. The van der Waals surface area contributed by atoms with Gasteiger partial charge in [-0.1, -0.05) is 48.5 Å². The molecule has 3 aromatic rings. The molecule has 2 amide bonds. The fraction of sp³-hybridized carbons (Fsp3) is 0.250. The Morgan fingerprint density at radius 2 is 1.71 bits per heavy atom. The smallest absolute Gasteiger partial charge is 0.413 e. The van der Waals surface area contributed by atoms with E-state index in [1.165, 1.54) is 0 Å². The summed E-state index contributed by atoms with van der Waals surface area (Å²) in [5.41, 5.74) is 4.96. The van der Waals surface area contributed by atoms with Gasteiger partial charge in [-0.25, -0.2) is 9.78 Å². The number of ether oxygens (including phenoxy) is 1. The minimum atomic E-state index is -1.16. The molecule has 9 nitrogen and oxygen atoms in total. The van der Waals surface area contributed by atoms with Gasteiger partial charge in [0.2, 0.25) is 5.91 Å². The zero-order valence-electron chi connectivity index (χ0n) is 18.1. The van der Waals surface area contributed by atoms with E-state index in [2.05, 4.69) is 27.8 Å². The molecule has 0 spiro atoms. The fourth-order valence-corrected chi connectivity index (χ4v) is 4.60. The summed E-state index contributed by atoms with van der Waals surface area (Å²) in [6.07, 6.45) is -2.32. The van der Waals surface area contributed by atoms with Crippen molar-refractivity contribution in [3.63, 3.8) is 0 Å². The summed E-state index contributed by atoms with van der Waals surface area (Å²) < 4.78 is 5.49. The first kappa shape index (κ1) is 23.4. The third-order valence-corrected chi connectivity index (χ3v) is 6.20. The van der Waals surface area contributed by atoms with Gasteiger partial charge in [-0.2, -0.15) is 0 Å². The molecule has 1 aromatic heterocycles. The van der Waals surface area contributed by atoms with Crippen LogP contribution in [0.5, 0.6) is 0 Å². The highest BCUT2D eigenvalue weighted by Crippen LogP contribution is 2.44. The zero-order valence-corrected chi connectivity index (χ0v) is 18.9. The van der Waals surface area contributed by atoms with Crippen molar-refractivity contribution in [3.05, 3.63) is 70.7 Å². The average Bonchev–Trinajstić information content (AvgIpc) is 3.37. The molecule has 0 aliphatic heterocycles. The molecule has 0 bridgehead atoms. The van der Waals surface area contributed by atoms with Crippen LogP contribution in [0.1, 0.15) is 29.2 Å². The average molecular weight is 482 g/mol. The van der Waals surface area contributed by atoms with Crippen molar-refractivity contribution in [2.24, 2.45) is 0 Å². The van der Waals surface area contributed by atoms with Crippen molar-refractivity contribution in [2.45, 2.75) is 24.9 Å². The number of aromatic nitrogens is 1. The van der Waals surface area contributed by atoms with Crippen LogP contribution in [0.15, 0.2) is 53.9 Å². The molecule has 1 atom stereocenters. The Bertz CT molecular complexity index is 1170. The number of amides is 2. The number of rotatable bonds is 9. The molecule has 1 heterocycles. The molecule has 1 aliphatic carbocycles. The fourth-order valence-electron chi connectivity index (χ4n) is 3.90. The van der Waals surface area contributed by atoms with Crippen molar-refractivity contribution >= 4 is 34.4 Å². The van der Waals surface area contributed by atoms with E-state index < -0.39 is 30.5 Å². The number of aliphatic hydroxyl groups excluding tert-OH is 1. The van der Waals surface area contributed by atoms with E-state index in [9.17, 15) is 19.5 Å². The van der Waals surface area contributed by atoms with Crippen molar-refractivity contribution in [1.29, 1.82) is 0 Å². The summed E-state index contributed by atoms with van der Waals surface area (Å²) in [5, 5.41) is 25.1. The van der Waals surface area contributed by atoms with Crippen LogP contribution in [-0.2, 0) is 20.7 Å². The molecule has 4 rings (SSSR count). The van der Waals surface area contributed by atoms with Crippen LogP contribution in [0, 0.1) is 0 Å². The molecular formula is C24H23N3O6S. The number of carbonyl (C=O) groups excluding carboxylic acids is 2. The maximum Gasteiger partial charge on any atom is 0.413 e. The number of hydrogen-bond donors (Lipinski definition) is 4. The normalized spacial score (nSPS) is 13.0. The standard InChI is InChI=1S/C24H23N3O6S/c28-15(10-22(30)31)11-25-21(29)9-14-13-34-23(26-14)27-24(32)33-12-20-18-7-3-1-5-16(18)17-6-2-4-8-19(17)20/h1-8,13,15,20,28H,9-12H2,(H,25,29)(H,30,31)(H,26,27,32). The van der Waals surface area contributed by atoms with E-state index in [4.69, 9.17) is 9.84 Å². The summed E-state index contributed by atoms with van der Waals surface area (Å²) in [6.45, 7) is 0.0132. The van der Waals surface area contributed by atoms with Gasteiger partial charge in [-0.05, 0) is 22.3 Å². The predicted molar refractivity (Wildman–Crippen MR) is 126 cm³/mol. The molecule has 0 radical (unpaired) electrons. The van der Waals surface area contributed by atoms with E-state index in [1.807, 2.05) is 36.4 Å². The van der Waals surface area contributed by atoms with Crippen molar-refractivity contribution < 1.29 is 29.3 Å². The van der Waals surface area contributed by atoms with E-state index in [0.717, 1.165) is 33.6 Å². The quantitative estimate of drug-likeness (QED) is 0.369. The van der Waals surface area contributed by atoms with Gasteiger partial charge in [-0.15, -0.1) is 11.3 Å². The van der Waals surface area contributed by atoms with Crippen LogP contribution < -0.4 is 10.6 Å². The van der Waals surface area contributed by atoms with Crippen LogP contribution in [0.25, 0.3) is 11.1 Å². The molecule has 4 N–H and O–H groups in total. The molecule has 0 fully saturated rings. The van der Waals surface area contributed by atoms with Gasteiger partial charge in [-0.3, -0.25) is 14.9 Å². The lowest BCUT2D eigenvalue weighted by Crippen LogP contribution is -2.34. The van der Waals surface area contributed by atoms with Crippen LogP contribution >= 0.6 is 11.3 Å². The van der Waals surface area contributed by atoms with E-state index in [1.54, 1.807) is 5.38 Å². The molecule has 0 saturated heterocycles. The van der Waals surface area contributed by atoms with Gasteiger partial charge >= 0.3 is 12.1 Å². The minimum absolute atomic E-state index is 0.0508. The molecular weight excluding hydrogens is 458 g/mol. The number of thiazole rings is 1. The number of nitrogens with zero attached hydrogens (tertiary/aromatic N) is 1. The molecule has 34 heavy (non-hydrogen) atoms. The second-order valence-electron chi connectivity index (χ2n) is 7.83. The number of carboxylic acids is 1. The van der Waals surface area contributed by atoms with Crippen LogP contribution in [-0.4, -0.2) is 52.4 Å². The Kier molecular flexibility index (Phi) is 7.19. The second kappa shape index (κ2) is 10.4. The molecule has 2 aromatic carbocycles. The number of fused-ring (bicyclic) bond motifs is 3. The van der Waals surface area contributed by atoms with E-state index >= 15 is 0 Å². The van der Waals surface area contributed by atoms with Gasteiger partial charge in [0, 0.05) is 17.8 Å². The molecule has 10 heteroatoms. The van der Waals surface area contributed by atoms with Crippen LogP contribution in [0.2, 0.25) is 0 Å². The summed E-state index contributed by atoms with van der Waals surface area (Å²) in [5.74, 6) is -1.61. The summed E-state index contributed by atoms with van der Waals surface area (Å²) in [7, 11) is 0. The second-order valence-corrected chi connectivity index (χ2v) is 8.69. The minimum Gasteiger partial charge on any atom is -0.481 e. The summed E-state index contributed by atoms with van der Waals surface area (Å²) in [6, 6.07) is 16.1. The Morgan fingerprint density at radius 1 is 1.06 bits per heavy atom. The predicted octanol–water partition coefficient (Wildman–Crippen LogP) is 3.00. The van der Waals surface area contributed by atoms with Gasteiger partial charge < -0.3 is 20.3 Å². The third-order valence-electron chi connectivity index (χ3n) is 5.39. The first-order valence-corrected chi connectivity index (χ1v) is 11.5. The first-order valence-electron chi connectivity index (χ1n) is 10.6. The topological polar surface area (TPSA) is 138 Å².